The van der Waals surface area contributed by atoms with Crippen molar-refractivity contribution in [2.45, 2.75) is 25.4 Å². The lowest BCUT2D eigenvalue weighted by atomic mass is 10.0. The molecule has 0 saturated carbocycles. The van der Waals surface area contributed by atoms with Gasteiger partial charge in [-0.2, -0.15) is 0 Å². The van der Waals surface area contributed by atoms with Gasteiger partial charge in [-0.05, 0) is 24.1 Å². The van der Waals surface area contributed by atoms with E-state index in [9.17, 15) is 19.1 Å². The first-order valence-electron chi connectivity index (χ1n) is 6.56. The molecule has 6 heteroatoms. The predicted molar refractivity (Wildman–Crippen MR) is 70.6 cm³/mol. The third kappa shape index (κ3) is 2.80. The maximum Gasteiger partial charge on any atom is 0.326 e. The highest BCUT2D eigenvalue weighted by atomic mass is 19.1. The second kappa shape index (κ2) is 6.00. The molecule has 1 aromatic rings. The molecule has 20 heavy (non-hydrogen) atoms. The summed E-state index contributed by atoms with van der Waals surface area (Å²) in [5, 5.41) is 12.2. The summed E-state index contributed by atoms with van der Waals surface area (Å²) < 4.78 is 12.9. The van der Waals surface area contributed by atoms with Crippen LogP contribution in [-0.4, -0.2) is 41.0 Å². The summed E-state index contributed by atoms with van der Waals surface area (Å²) in [6.07, 6.45) is 0.358. The largest absolute Gasteiger partial charge is 0.480 e. The van der Waals surface area contributed by atoms with E-state index in [-0.39, 0.29) is 11.7 Å². The van der Waals surface area contributed by atoms with Crippen molar-refractivity contribution < 1.29 is 19.1 Å². The molecular weight excluding hydrogens is 263 g/mol. The predicted octanol–water partition coefficient (Wildman–Crippen LogP) is 1.16. The molecule has 2 N–H and O–H groups in total. The molecule has 2 atom stereocenters. The van der Waals surface area contributed by atoms with Gasteiger partial charge in [-0.15, -0.1) is 0 Å². The van der Waals surface area contributed by atoms with Gasteiger partial charge in [0.25, 0.3) is 0 Å². The van der Waals surface area contributed by atoms with Crippen LogP contribution in [0.25, 0.3) is 0 Å². The third-order valence-electron chi connectivity index (χ3n) is 3.48. The van der Waals surface area contributed by atoms with Gasteiger partial charge in [0.1, 0.15) is 17.9 Å². The highest BCUT2D eigenvalue weighted by Crippen LogP contribution is 2.21. The topological polar surface area (TPSA) is 69.6 Å². The molecule has 0 aliphatic carbocycles. The van der Waals surface area contributed by atoms with E-state index in [0.29, 0.717) is 25.1 Å². The normalized spacial score (nSPS) is 20.8. The monoisotopic (exact) mass is 280 g/mol. The number of hydrogen-bond donors (Lipinski definition) is 2. The maximum absolute atomic E-state index is 12.9. The van der Waals surface area contributed by atoms with Gasteiger partial charge in [0.05, 0.1) is 0 Å². The minimum atomic E-state index is -0.999. The van der Waals surface area contributed by atoms with Crippen LogP contribution in [0.5, 0.6) is 0 Å². The van der Waals surface area contributed by atoms with Crippen LogP contribution in [-0.2, 0) is 9.59 Å². The molecule has 1 fully saturated rings. The standard InChI is InChI=1S/C14H17FN2O3/c1-2-11(14(19)20)17-8-7-16-12(13(17)18)9-3-5-10(15)6-4-9/h3-6,11-12,16H,2,7-8H2,1H3,(H,19,20). The molecule has 5 nitrogen and oxygen atoms in total. The van der Waals surface area contributed by atoms with Crippen molar-refractivity contribution in [3.05, 3.63) is 35.6 Å². The molecule has 0 aromatic heterocycles. The summed E-state index contributed by atoms with van der Waals surface area (Å²) in [5.41, 5.74) is 0.640. The number of hydrogen-bond acceptors (Lipinski definition) is 3. The molecule has 1 heterocycles. The number of carbonyl (C=O) groups is 2. The summed E-state index contributed by atoms with van der Waals surface area (Å²) in [7, 11) is 0. The van der Waals surface area contributed by atoms with Gasteiger partial charge in [-0.3, -0.25) is 4.79 Å². The number of nitrogens with one attached hydrogen (secondary N) is 1. The van der Waals surface area contributed by atoms with E-state index >= 15 is 0 Å². The number of piperazine rings is 1. The van der Waals surface area contributed by atoms with Crippen LogP contribution in [0.4, 0.5) is 4.39 Å². The number of carboxylic acids is 1. The Balaban J connectivity index is 2.22. The van der Waals surface area contributed by atoms with Crippen molar-refractivity contribution in [3.8, 4) is 0 Å². The molecule has 1 aromatic carbocycles. The number of benzene rings is 1. The van der Waals surface area contributed by atoms with Crippen LogP contribution in [0.15, 0.2) is 24.3 Å². The summed E-state index contributed by atoms with van der Waals surface area (Å²) in [6, 6.07) is 4.23. The smallest absolute Gasteiger partial charge is 0.326 e. The van der Waals surface area contributed by atoms with Gasteiger partial charge < -0.3 is 15.3 Å². The number of amides is 1. The lowest BCUT2D eigenvalue weighted by Gasteiger charge is -2.36. The van der Waals surface area contributed by atoms with Crippen molar-refractivity contribution >= 4 is 11.9 Å². The Labute approximate surface area is 116 Å². The van der Waals surface area contributed by atoms with E-state index in [1.807, 2.05) is 0 Å². The van der Waals surface area contributed by atoms with E-state index < -0.39 is 18.1 Å². The highest BCUT2D eigenvalue weighted by Gasteiger charge is 2.35. The van der Waals surface area contributed by atoms with Crippen molar-refractivity contribution in [2.24, 2.45) is 0 Å². The first-order chi connectivity index (χ1) is 9.54. The summed E-state index contributed by atoms with van der Waals surface area (Å²) in [6.45, 7) is 2.61. The zero-order valence-corrected chi connectivity index (χ0v) is 11.2. The Morgan fingerprint density at radius 1 is 1.50 bits per heavy atom. The number of nitrogens with zero attached hydrogens (tertiary/aromatic N) is 1. The molecule has 1 amide bonds. The fourth-order valence-electron chi connectivity index (χ4n) is 2.45. The quantitative estimate of drug-likeness (QED) is 0.868. The zero-order chi connectivity index (χ0) is 14.7. The van der Waals surface area contributed by atoms with Gasteiger partial charge in [0.2, 0.25) is 5.91 Å². The Morgan fingerprint density at radius 3 is 2.70 bits per heavy atom. The fraction of sp³-hybridized carbons (Fsp3) is 0.429. The van der Waals surface area contributed by atoms with Gasteiger partial charge in [0.15, 0.2) is 0 Å². The van der Waals surface area contributed by atoms with Crippen LogP contribution in [0.2, 0.25) is 0 Å². The van der Waals surface area contributed by atoms with Crippen molar-refractivity contribution in [2.75, 3.05) is 13.1 Å². The van der Waals surface area contributed by atoms with Crippen molar-refractivity contribution in [1.29, 1.82) is 0 Å². The zero-order valence-electron chi connectivity index (χ0n) is 11.2. The average molecular weight is 280 g/mol. The van der Waals surface area contributed by atoms with Gasteiger partial charge in [-0.25, -0.2) is 9.18 Å². The molecule has 1 aliphatic heterocycles. The van der Waals surface area contributed by atoms with Gasteiger partial charge in [0, 0.05) is 13.1 Å². The summed E-state index contributed by atoms with van der Waals surface area (Å²) in [4.78, 5) is 25.0. The van der Waals surface area contributed by atoms with Crippen LogP contribution in [0, 0.1) is 5.82 Å². The number of aliphatic carboxylic acids is 1. The molecule has 0 spiro atoms. The molecule has 2 unspecified atom stereocenters. The molecule has 0 bridgehead atoms. The fourth-order valence-corrected chi connectivity index (χ4v) is 2.45. The van der Waals surface area contributed by atoms with Crippen LogP contribution in [0.3, 0.4) is 0 Å². The van der Waals surface area contributed by atoms with Crippen molar-refractivity contribution in [3.63, 3.8) is 0 Å². The Morgan fingerprint density at radius 2 is 2.15 bits per heavy atom. The van der Waals surface area contributed by atoms with E-state index in [4.69, 9.17) is 0 Å². The average Bonchev–Trinajstić information content (AvgIpc) is 2.42. The SMILES string of the molecule is CCC(C(=O)O)N1CCNC(c2ccc(F)cc2)C1=O. The second-order valence-electron chi connectivity index (χ2n) is 4.73. The molecule has 0 radical (unpaired) electrons. The molecular formula is C14H17FN2O3. The van der Waals surface area contributed by atoms with Gasteiger partial charge in [-0.1, -0.05) is 19.1 Å². The Hall–Kier alpha value is -1.95. The third-order valence-corrected chi connectivity index (χ3v) is 3.48. The number of rotatable bonds is 4. The lowest BCUT2D eigenvalue weighted by Crippen LogP contribution is -2.55. The van der Waals surface area contributed by atoms with Crippen LogP contribution >= 0.6 is 0 Å². The maximum atomic E-state index is 12.9. The first kappa shape index (κ1) is 14.5. The minimum absolute atomic E-state index is 0.280. The van der Waals surface area contributed by atoms with Crippen LogP contribution < -0.4 is 5.32 Å². The second-order valence-corrected chi connectivity index (χ2v) is 4.73. The molecule has 2 rings (SSSR count). The lowest BCUT2D eigenvalue weighted by molar-refractivity contribution is -0.152. The number of carbonyl (C=O) groups excluding carboxylic acids is 1. The Bertz CT molecular complexity index is 504. The minimum Gasteiger partial charge on any atom is -0.480 e. The van der Waals surface area contributed by atoms with Crippen molar-refractivity contribution in [1.82, 2.24) is 10.2 Å². The van der Waals surface area contributed by atoms with E-state index in [1.54, 1.807) is 6.92 Å². The first-order valence-corrected chi connectivity index (χ1v) is 6.56. The molecule has 1 aliphatic rings. The van der Waals surface area contributed by atoms with Gasteiger partial charge >= 0.3 is 5.97 Å². The van der Waals surface area contributed by atoms with E-state index in [1.165, 1.54) is 29.2 Å². The summed E-state index contributed by atoms with van der Waals surface area (Å²) in [5.74, 6) is -1.65. The van der Waals surface area contributed by atoms with E-state index in [2.05, 4.69) is 5.32 Å². The number of halogens is 1. The highest BCUT2D eigenvalue weighted by molar-refractivity contribution is 5.88. The molecule has 108 valence electrons. The Kier molecular flexibility index (Phi) is 4.34. The van der Waals surface area contributed by atoms with Crippen LogP contribution in [0.1, 0.15) is 24.9 Å². The van der Waals surface area contributed by atoms with E-state index in [0.717, 1.165) is 0 Å². The summed E-state index contributed by atoms with van der Waals surface area (Å²) >= 11 is 0. The molecule has 1 saturated heterocycles. The number of carboxylic acid groups (broad SMARTS) is 1.